The van der Waals surface area contributed by atoms with Gasteiger partial charge in [-0.25, -0.2) is 4.98 Å². The predicted molar refractivity (Wildman–Crippen MR) is 110 cm³/mol. The number of thiazole rings is 1. The maximum atomic E-state index is 4.68. The number of rotatable bonds is 5. The van der Waals surface area contributed by atoms with Gasteiger partial charge in [-0.2, -0.15) is 5.10 Å². The second kappa shape index (κ2) is 8.25. The van der Waals surface area contributed by atoms with Crippen LogP contribution in [0.15, 0.2) is 70.6 Å². The van der Waals surface area contributed by atoms with Crippen LogP contribution in [0.1, 0.15) is 18.4 Å². The van der Waals surface area contributed by atoms with Gasteiger partial charge in [0, 0.05) is 49.1 Å². The van der Waals surface area contributed by atoms with Gasteiger partial charge < -0.3 is 0 Å². The topological polar surface area (TPSA) is 40.5 Å². The number of aromatic nitrogens is 1. The maximum Gasteiger partial charge on any atom is 0.0832 e. The Bertz CT molecular complexity index is 849. The van der Waals surface area contributed by atoms with Crippen LogP contribution in [0, 0.1) is 0 Å². The van der Waals surface area contributed by atoms with E-state index in [-0.39, 0.29) is 0 Å². The van der Waals surface area contributed by atoms with Gasteiger partial charge in [0.05, 0.1) is 16.9 Å². The van der Waals surface area contributed by atoms with Gasteiger partial charge in [-0.1, -0.05) is 48.5 Å². The van der Waals surface area contributed by atoms with Crippen molar-refractivity contribution >= 4 is 22.7 Å². The zero-order valence-electron chi connectivity index (χ0n) is 14.6. The lowest BCUT2D eigenvalue weighted by atomic mass is 10.1. The maximum absolute atomic E-state index is 4.68. The molecule has 5 heteroatoms. The summed E-state index contributed by atoms with van der Waals surface area (Å²) >= 11 is 1.61. The van der Waals surface area contributed by atoms with Crippen LogP contribution in [0.2, 0.25) is 0 Å². The van der Waals surface area contributed by atoms with E-state index in [0.717, 1.165) is 49.4 Å². The van der Waals surface area contributed by atoms with Gasteiger partial charge in [-0.3, -0.25) is 10.3 Å². The standard InChI is InChI=1S/C21H22N4S/c1-2-6-17(7-3-1)14-25-12-10-18(11-13-25)23-24-20-9-5-4-8-19(20)21-15-26-16-22-21/h1-9,15-16,24H,10-14H2. The summed E-state index contributed by atoms with van der Waals surface area (Å²) in [4.78, 5) is 6.91. The number of para-hydroxylation sites is 1. The molecule has 0 bridgehead atoms. The zero-order valence-corrected chi connectivity index (χ0v) is 15.5. The molecule has 1 N–H and O–H groups in total. The second-order valence-corrected chi connectivity index (χ2v) is 7.19. The third-order valence-corrected chi connectivity index (χ3v) is 5.24. The summed E-state index contributed by atoms with van der Waals surface area (Å²) in [7, 11) is 0. The monoisotopic (exact) mass is 362 g/mol. The lowest BCUT2D eigenvalue weighted by Gasteiger charge is -2.27. The molecule has 26 heavy (non-hydrogen) atoms. The van der Waals surface area contributed by atoms with Crippen molar-refractivity contribution in [1.82, 2.24) is 9.88 Å². The Morgan fingerprint density at radius 2 is 1.77 bits per heavy atom. The number of likely N-dealkylation sites (tertiary alicyclic amines) is 1. The molecular weight excluding hydrogens is 340 g/mol. The minimum atomic E-state index is 0.996. The highest BCUT2D eigenvalue weighted by Gasteiger charge is 2.15. The number of nitrogens with zero attached hydrogens (tertiary/aromatic N) is 3. The van der Waals surface area contributed by atoms with Crippen molar-refractivity contribution < 1.29 is 0 Å². The van der Waals surface area contributed by atoms with E-state index < -0.39 is 0 Å². The van der Waals surface area contributed by atoms with E-state index in [0.29, 0.717) is 0 Å². The molecular formula is C21H22N4S. The summed E-state index contributed by atoms with van der Waals surface area (Å²) < 4.78 is 0. The first-order valence-electron chi connectivity index (χ1n) is 8.94. The van der Waals surface area contributed by atoms with Gasteiger partial charge in [0.1, 0.15) is 0 Å². The normalized spacial score (nSPS) is 15.0. The average Bonchev–Trinajstić information content (AvgIpc) is 3.23. The number of hydrazone groups is 1. The van der Waals surface area contributed by atoms with Gasteiger partial charge in [0.15, 0.2) is 0 Å². The first-order chi connectivity index (χ1) is 12.9. The highest BCUT2D eigenvalue weighted by atomic mass is 32.1. The second-order valence-electron chi connectivity index (χ2n) is 6.47. The lowest BCUT2D eigenvalue weighted by molar-refractivity contribution is 0.266. The molecule has 0 amide bonds. The fourth-order valence-corrected chi connectivity index (χ4v) is 3.76. The number of benzene rings is 2. The molecule has 0 saturated carbocycles. The van der Waals surface area contributed by atoms with Crippen LogP contribution in [-0.2, 0) is 6.54 Å². The molecule has 0 unspecified atom stereocenters. The highest BCUT2D eigenvalue weighted by molar-refractivity contribution is 7.07. The van der Waals surface area contributed by atoms with Crippen molar-refractivity contribution in [1.29, 1.82) is 0 Å². The molecule has 0 atom stereocenters. The number of nitrogens with one attached hydrogen (secondary N) is 1. The SMILES string of the molecule is c1ccc(CN2CCC(=NNc3ccccc3-c3cscn3)CC2)cc1. The highest BCUT2D eigenvalue weighted by Crippen LogP contribution is 2.27. The molecule has 1 aliphatic rings. The van der Waals surface area contributed by atoms with Crippen LogP contribution in [-0.4, -0.2) is 28.7 Å². The summed E-state index contributed by atoms with van der Waals surface area (Å²) in [5, 5.41) is 6.75. The smallest absolute Gasteiger partial charge is 0.0832 e. The zero-order chi connectivity index (χ0) is 17.6. The van der Waals surface area contributed by atoms with E-state index in [2.05, 4.69) is 68.3 Å². The van der Waals surface area contributed by atoms with Crippen molar-refractivity contribution in [3.63, 3.8) is 0 Å². The van der Waals surface area contributed by atoms with Crippen LogP contribution in [0.5, 0.6) is 0 Å². The fraction of sp³-hybridized carbons (Fsp3) is 0.238. The summed E-state index contributed by atoms with van der Waals surface area (Å²) in [6.07, 6.45) is 2.03. The van der Waals surface area contributed by atoms with Crippen molar-refractivity contribution in [2.75, 3.05) is 18.5 Å². The van der Waals surface area contributed by atoms with E-state index in [1.165, 1.54) is 11.3 Å². The molecule has 0 radical (unpaired) electrons. The van der Waals surface area contributed by atoms with E-state index in [9.17, 15) is 0 Å². The molecule has 1 fully saturated rings. The molecule has 1 aromatic heterocycles. The van der Waals surface area contributed by atoms with Gasteiger partial charge in [-0.05, 0) is 11.6 Å². The number of hydrogen-bond acceptors (Lipinski definition) is 5. The van der Waals surface area contributed by atoms with Crippen LogP contribution >= 0.6 is 11.3 Å². The molecule has 132 valence electrons. The molecule has 4 nitrogen and oxygen atoms in total. The molecule has 2 aromatic carbocycles. The number of anilines is 1. The van der Waals surface area contributed by atoms with Crippen molar-refractivity contribution in [3.05, 3.63) is 71.1 Å². The quantitative estimate of drug-likeness (QED) is 0.658. The molecule has 0 spiro atoms. The van der Waals surface area contributed by atoms with Gasteiger partial charge in [0.25, 0.3) is 0 Å². The van der Waals surface area contributed by atoms with Crippen LogP contribution in [0.4, 0.5) is 5.69 Å². The van der Waals surface area contributed by atoms with Crippen molar-refractivity contribution in [3.8, 4) is 11.3 Å². The third kappa shape index (κ3) is 4.18. The summed E-state index contributed by atoms with van der Waals surface area (Å²) in [6, 6.07) is 18.9. The number of hydrogen-bond donors (Lipinski definition) is 1. The Morgan fingerprint density at radius 1 is 1.00 bits per heavy atom. The Labute approximate surface area is 158 Å². The molecule has 3 aromatic rings. The summed E-state index contributed by atoms with van der Waals surface area (Å²) in [5.74, 6) is 0. The third-order valence-electron chi connectivity index (χ3n) is 4.65. The molecule has 1 aliphatic heterocycles. The van der Waals surface area contributed by atoms with E-state index >= 15 is 0 Å². The minimum Gasteiger partial charge on any atom is -0.298 e. The molecule has 0 aliphatic carbocycles. The Balaban J connectivity index is 1.36. The van der Waals surface area contributed by atoms with Crippen molar-refractivity contribution in [2.45, 2.75) is 19.4 Å². The fourth-order valence-electron chi connectivity index (χ4n) is 3.21. The van der Waals surface area contributed by atoms with Crippen LogP contribution in [0.25, 0.3) is 11.3 Å². The van der Waals surface area contributed by atoms with Gasteiger partial charge in [-0.15, -0.1) is 11.3 Å². The van der Waals surface area contributed by atoms with Crippen molar-refractivity contribution in [2.24, 2.45) is 5.10 Å². The molecule has 4 rings (SSSR count). The number of piperidine rings is 1. The largest absolute Gasteiger partial charge is 0.298 e. The Kier molecular flexibility index (Phi) is 5.38. The Morgan fingerprint density at radius 3 is 2.54 bits per heavy atom. The van der Waals surface area contributed by atoms with E-state index in [1.54, 1.807) is 11.3 Å². The molecule has 1 saturated heterocycles. The van der Waals surface area contributed by atoms with E-state index in [4.69, 9.17) is 0 Å². The first-order valence-corrected chi connectivity index (χ1v) is 9.88. The minimum absolute atomic E-state index is 0.996. The van der Waals surface area contributed by atoms with Gasteiger partial charge in [0.2, 0.25) is 0 Å². The average molecular weight is 363 g/mol. The summed E-state index contributed by atoms with van der Waals surface area (Å²) in [5.41, 5.74) is 10.9. The first kappa shape index (κ1) is 16.9. The molecule has 2 heterocycles. The summed E-state index contributed by atoms with van der Waals surface area (Å²) in [6.45, 7) is 3.14. The Hall–Kier alpha value is -2.50. The predicted octanol–water partition coefficient (Wildman–Crippen LogP) is 4.87. The van der Waals surface area contributed by atoms with Crippen LogP contribution in [0.3, 0.4) is 0 Å². The lowest BCUT2D eigenvalue weighted by Crippen LogP contribution is -2.33. The van der Waals surface area contributed by atoms with Gasteiger partial charge >= 0.3 is 0 Å². The van der Waals surface area contributed by atoms with Crippen LogP contribution < -0.4 is 5.43 Å². The van der Waals surface area contributed by atoms with E-state index in [1.807, 2.05) is 17.6 Å².